The molecule has 2 nitrogen and oxygen atoms in total. The standard InChI is InChI=1S/C9H18N2Si/c1-9(2,3)11-7-6-10-8(11)12(4)5/h6-7,12H,1-5H3. The van der Waals surface area contributed by atoms with Crippen LogP contribution in [-0.2, 0) is 5.54 Å². The molecule has 1 heterocycles. The van der Waals surface area contributed by atoms with Gasteiger partial charge in [0.15, 0.2) is 0 Å². The fourth-order valence-corrected chi connectivity index (χ4v) is 2.72. The van der Waals surface area contributed by atoms with Crippen molar-refractivity contribution in [3.05, 3.63) is 12.4 Å². The van der Waals surface area contributed by atoms with Gasteiger partial charge in [0.25, 0.3) is 0 Å². The summed E-state index contributed by atoms with van der Waals surface area (Å²) >= 11 is 0. The number of rotatable bonds is 1. The zero-order chi connectivity index (χ0) is 9.35. The molecule has 1 aromatic heterocycles. The van der Waals surface area contributed by atoms with Gasteiger partial charge in [0.2, 0.25) is 0 Å². The lowest BCUT2D eigenvalue weighted by Gasteiger charge is -2.24. The van der Waals surface area contributed by atoms with Crippen molar-refractivity contribution in [2.45, 2.75) is 39.4 Å². The first-order valence-electron chi connectivity index (χ1n) is 4.46. The zero-order valence-electron chi connectivity index (χ0n) is 8.63. The van der Waals surface area contributed by atoms with Gasteiger partial charge in [-0.25, -0.2) is 4.98 Å². The van der Waals surface area contributed by atoms with E-state index < -0.39 is 8.80 Å². The van der Waals surface area contributed by atoms with Crippen molar-refractivity contribution < 1.29 is 0 Å². The molecule has 3 heteroatoms. The minimum Gasteiger partial charge on any atom is -0.334 e. The minimum atomic E-state index is -0.767. The van der Waals surface area contributed by atoms with E-state index in [1.165, 1.54) is 5.45 Å². The Morgan fingerprint density at radius 2 is 1.92 bits per heavy atom. The highest BCUT2D eigenvalue weighted by Gasteiger charge is 2.18. The van der Waals surface area contributed by atoms with E-state index in [0.29, 0.717) is 0 Å². The van der Waals surface area contributed by atoms with Crippen molar-refractivity contribution in [3.8, 4) is 0 Å². The van der Waals surface area contributed by atoms with Gasteiger partial charge in [0.1, 0.15) is 8.80 Å². The Balaban J connectivity index is 3.08. The zero-order valence-corrected chi connectivity index (χ0v) is 9.78. The molecule has 0 fully saturated rings. The minimum absolute atomic E-state index is 0.184. The van der Waals surface area contributed by atoms with Gasteiger partial charge in [-0.1, -0.05) is 13.1 Å². The Morgan fingerprint density at radius 1 is 1.33 bits per heavy atom. The predicted molar refractivity (Wildman–Crippen MR) is 55.7 cm³/mol. The molecule has 1 aromatic rings. The van der Waals surface area contributed by atoms with Crippen LogP contribution in [0.15, 0.2) is 12.4 Å². The summed E-state index contributed by atoms with van der Waals surface area (Å²) < 4.78 is 2.30. The summed E-state index contributed by atoms with van der Waals surface area (Å²) in [6.07, 6.45) is 4.00. The monoisotopic (exact) mass is 182 g/mol. The average Bonchev–Trinajstić information content (AvgIpc) is 2.30. The van der Waals surface area contributed by atoms with E-state index in [1.54, 1.807) is 0 Å². The van der Waals surface area contributed by atoms with E-state index in [9.17, 15) is 0 Å². The van der Waals surface area contributed by atoms with Gasteiger partial charge < -0.3 is 4.57 Å². The number of hydrogen-bond donors (Lipinski definition) is 0. The van der Waals surface area contributed by atoms with Crippen LogP contribution in [0.5, 0.6) is 0 Å². The van der Waals surface area contributed by atoms with Crippen LogP contribution in [0.2, 0.25) is 13.1 Å². The van der Waals surface area contributed by atoms with Crippen LogP contribution in [0.4, 0.5) is 0 Å². The molecule has 0 aliphatic carbocycles. The molecule has 68 valence electrons. The molecule has 0 aliphatic rings. The molecule has 0 radical (unpaired) electrons. The van der Waals surface area contributed by atoms with Crippen molar-refractivity contribution in [2.75, 3.05) is 0 Å². The molecule has 0 saturated carbocycles. The maximum Gasteiger partial charge on any atom is 0.110 e. The molecule has 0 saturated heterocycles. The van der Waals surface area contributed by atoms with Gasteiger partial charge in [0, 0.05) is 17.9 Å². The summed E-state index contributed by atoms with van der Waals surface area (Å²) in [5, 5.41) is 0. The Labute approximate surface area is 76.2 Å². The molecule has 0 spiro atoms. The highest BCUT2D eigenvalue weighted by Crippen LogP contribution is 2.11. The van der Waals surface area contributed by atoms with Gasteiger partial charge in [-0.2, -0.15) is 0 Å². The second-order valence-electron chi connectivity index (χ2n) is 4.48. The molecule has 0 aromatic carbocycles. The quantitative estimate of drug-likeness (QED) is 0.599. The van der Waals surface area contributed by atoms with Gasteiger partial charge >= 0.3 is 0 Å². The molecular formula is C9H18N2Si. The lowest BCUT2D eigenvalue weighted by Crippen LogP contribution is -2.40. The summed E-state index contributed by atoms with van der Waals surface area (Å²) in [5.41, 5.74) is 1.49. The van der Waals surface area contributed by atoms with Crippen LogP contribution < -0.4 is 5.45 Å². The summed E-state index contributed by atoms with van der Waals surface area (Å²) in [7, 11) is -0.767. The third kappa shape index (κ3) is 1.77. The SMILES string of the molecule is C[SiH](C)c1nccn1C(C)(C)C. The van der Waals surface area contributed by atoms with Crippen LogP contribution in [-0.4, -0.2) is 18.3 Å². The van der Waals surface area contributed by atoms with E-state index in [4.69, 9.17) is 0 Å². The Kier molecular flexibility index (Phi) is 2.42. The summed E-state index contributed by atoms with van der Waals surface area (Å²) in [5.74, 6) is 0. The fraction of sp³-hybridized carbons (Fsp3) is 0.667. The number of hydrogen-bond acceptors (Lipinski definition) is 1. The first kappa shape index (κ1) is 9.51. The normalized spacial score (nSPS) is 12.5. The molecule has 0 N–H and O–H groups in total. The topological polar surface area (TPSA) is 17.8 Å². The highest BCUT2D eigenvalue weighted by molar-refractivity contribution is 6.69. The van der Waals surface area contributed by atoms with Crippen molar-refractivity contribution in [3.63, 3.8) is 0 Å². The molecule has 12 heavy (non-hydrogen) atoms. The molecule has 0 bridgehead atoms. The van der Waals surface area contributed by atoms with E-state index in [-0.39, 0.29) is 5.54 Å². The van der Waals surface area contributed by atoms with Gasteiger partial charge in [0.05, 0.1) is 5.45 Å². The molecule has 1 rings (SSSR count). The molecule has 0 amide bonds. The predicted octanol–water partition coefficient (Wildman–Crippen LogP) is 1.33. The first-order valence-corrected chi connectivity index (χ1v) is 7.35. The second-order valence-corrected chi connectivity index (χ2v) is 7.31. The lowest BCUT2D eigenvalue weighted by atomic mass is 10.1. The fourth-order valence-electron chi connectivity index (χ4n) is 1.31. The number of imidazole rings is 1. The molecular weight excluding hydrogens is 164 g/mol. The van der Waals surface area contributed by atoms with Crippen LogP contribution in [0.3, 0.4) is 0 Å². The Hall–Kier alpha value is -0.573. The third-order valence-corrected chi connectivity index (χ3v) is 3.37. The average molecular weight is 182 g/mol. The summed E-state index contributed by atoms with van der Waals surface area (Å²) in [6.45, 7) is 11.3. The maximum atomic E-state index is 4.41. The van der Waals surface area contributed by atoms with Gasteiger partial charge in [-0.15, -0.1) is 0 Å². The lowest BCUT2D eigenvalue weighted by molar-refractivity contribution is 0.405. The van der Waals surface area contributed by atoms with E-state index >= 15 is 0 Å². The third-order valence-electron chi connectivity index (χ3n) is 1.91. The van der Waals surface area contributed by atoms with Crippen molar-refractivity contribution in [2.24, 2.45) is 0 Å². The van der Waals surface area contributed by atoms with E-state index in [0.717, 1.165) is 0 Å². The Morgan fingerprint density at radius 3 is 2.25 bits per heavy atom. The number of nitrogens with zero attached hydrogens (tertiary/aromatic N) is 2. The van der Waals surface area contributed by atoms with Crippen LogP contribution >= 0.6 is 0 Å². The van der Waals surface area contributed by atoms with E-state index in [1.807, 2.05) is 6.20 Å². The van der Waals surface area contributed by atoms with Crippen molar-refractivity contribution in [1.82, 2.24) is 9.55 Å². The van der Waals surface area contributed by atoms with Crippen LogP contribution in [0, 0.1) is 0 Å². The molecule has 0 unspecified atom stereocenters. The van der Waals surface area contributed by atoms with Crippen molar-refractivity contribution >= 4 is 14.2 Å². The smallest absolute Gasteiger partial charge is 0.110 e. The number of aromatic nitrogens is 2. The molecule has 0 atom stereocenters. The van der Waals surface area contributed by atoms with Crippen LogP contribution in [0.1, 0.15) is 20.8 Å². The van der Waals surface area contributed by atoms with Crippen LogP contribution in [0.25, 0.3) is 0 Å². The van der Waals surface area contributed by atoms with Gasteiger partial charge in [-0.3, -0.25) is 0 Å². The van der Waals surface area contributed by atoms with Crippen molar-refractivity contribution in [1.29, 1.82) is 0 Å². The summed E-state index contributed by atoms with van der Waals surface area (Å²) in [4.78, 5) is 4.41. The molecule has 0 aliphatic heterocycles. The van der Waals surface area contributed by atoms with Gasteiger partial charge in [-0.05, 0) is 20.8 Å². The first-order chi connectivity index (χ1) is 5.43. The highest BCUT2D eigenvalue weighted by atomic mass is 28.3. The second kappa shape index (κ2) is 3.05. The largest absolute Gasteiger partial charge is 0.334 e. The summed E-state index contributed by atoms with van der Waals surface area (Å²) in [6, 6.07) is 0. The van der Waals surface area contributed by atoms with E-state index in [2.05, 4.69) is 49.6 Å². The maximum absolute atomic E-state index is 4.41. The Bertz CT molecular complexity index is 258.